The van der Waals surface area contributed by atoms with Crippen molar-refractivity contribution in [3.05, 3.63) is 29.3 Å². The van der Waals surface area contributed by atoms with Crippen LogP contribution in [-0.4, -0.2) is 18.5 Å². The van der Waals surface area contributed by atoms with Crippen molar-refractivity contribution in [1.82, 2.24) is 0 Å². The second kappa shape index (κ2) is 9.67. The van der Waals surface area contributed by atoms with E-state index in [-0.39, 0.29) is 17.9 Å². The highest BCUT2D eigenvalue weighted by Crippen LogP contribution is 2.32. The van der Waals surface area contributed by atoms with E-state index in [1.165, 1.54) is 0 Å². The molecule has 0 heterocycles. The minimum Gasteiger partial charge on any atom is -0.465 e. The predicted octanol–water partition coefficient (Wildman–Crippen LogP) is 4.79. The Hall–Kier alpha value is -1.55. The molecule has 0 aliphatic heterocycles. The summed E-state index contributed by atoms with van der Waals surface area (Å²) < 4.78 is 10.8. The molecule has 1 saturated carbocycles. The SMILES string of the molecule is CCCCCOC(=O)C1CCCCC1C(=O)Oc1ccc(Cl)cc1. The van der Waals surface area contributed by atoms with E-state index in [4.69, 9.17) is 21.1 Å². The quantitative estimate of drug-likeness (QED) is 0.402. The number of esters is 2. The van der Waals surface area contributed by atoms with Crippen LogP contribution in [0.15, 0.2) is 24.3 Å². The zero-order valence-corrected chi connectivity index (χ0v) is 14.9. The van der Waals surface area contributed by atoms with E-state index < -0.39 is 5.92 Å². The third-order valence-electron chi connectivity index (χ3n) is 4.40. The van der Waals surface area contributed by atoms with Crippen molar-refractivity contribution < 1.29 is 19.1 Å². The Labute approximate surface area is 148 Å². The third-order valence-corrected chi connectivity index (χ3v) is 4.65. The molecule has 0 aromatic heterocycles. The number of hydrogen-bond donors (Lipinski definition) is 0. The first-order chi connectivity index (χ1) is 11.6. The van der Waals surface area contributed by atoms with Crippen LogP contribution in [0, 0.1) is 11.8 Å². The second-order valence-corrected chi connectivity index (χ2v) is 6.68. The molecule has 0 spiro atoms. The lowest BCUT2D eigenvalue weighted by molar-refractivity contribution is -0.158. The summed E-state index contributed by atoms with van der Waals surface area (Å²) >= 11 is 5.83. The van der Waals surface area contributed by atoms with E-state index >= 15 is 0 Å². The fourth-order valence-corrected chi connectivity index (χ4v) is 3.15. The van der Waals surface area contributed by atoms with Crippen molar-refractivity contribution in [2.75, 3.05) is 6.61 Å². The summed E-state index contributed by atoms with van der Waals surface area (Å²) in [6, 6.07) is 6.65. The summed E-state index contributed by atoms with van der Waals surface area (Å²) in [6.45, 7) is 2.54. The van der Waals surface area contributed by atoms with E-state index in [9.17, 15) is 9.59 Å². The molecule has 132 valence electrons. The summed E-state index contributed by atoms with van der Waals surface area (Å²) in [5.41, 5.74) is 0. The van der Waals surface area contributed by atoms with Gasteiger partial charge in [0.1, 0.15) is 5.75 Å². The molecule has 0 amide bonds. The Morgan fingerprint density at radius 2 is 1.67 bits per heavy atom. The van der Waals surface area contributed by atoms with Crippen molar-refractivity contribution in [1.29, 1.82) is 0 Å². The highest BCUT2D eigenvalue weighted by Gasteiger charge is 2.38. The molecule has 0 bridgehead atoms. The zero-order chi connectivity index (χ0) is 17.4. The summed E-state index contributed by atoms with van der Waals surface area (Å²) in [5, 5.41) is 0.584. The smallest absolute Gasteiger partial charge is 0.315 e. The van der Waals surface area contributed by atoms with Crippen LogP contribution in [0.3, 0.4) is 0 Å². The molecule has 1 aliphatic rings. The van der Waals surface area contributed by atoms with E-state index in [1.54, 1.807) is 24.3 Å². The van der Waals surface area contributed by atoms with Gasteiger partial charge in [-0.15, -0.1) is 0 Å². The molecule has 0 saturated heterocycles. The standard InChI is InChI=1S/C19H25ClO4/c1-2-3-6-13-23-18(21)16-7-4-5-8-17(16)19(22)24-15-11-9-14(20)10-12-15/h9-12,16-17H,2-8,13H2,1H3. The van der Waals surface area contributed by atoms with Gasteiger partial charge in [-0.05, 0) is 43.5 Å². The second-order valence-electron chi connectivity index (χ2n) is 6.25. The highest BCUT2D eigenvalue weighted by atomic mass is 35.5. The van der Waals surface area contributed by atoms with E-state index in [0.29, 0.717) is 30.2 Å². The summed E-state index contributed by atoms with van der Waals surface area (Å²) in [7, 11) is 0. The van der Waals surface area contributed by atoms with Gasteiger partial charge in [0.2, 0.25) is 0 Å². The summed E-state index contributed by atoms with van der Waals surface area (Å²) in [5.74, 6) is -0.977. The zero-order valence-electron chi connectivity index (χ0n) is 14.1. The molecule has 0 radical (unpaired) electrons. The maximum atomic E-state index is 12.5. The average molecular weight is 353 g/mol. The van der Waals surface area contributed by atoms with Crippen LogP contribution in [0.5, 0.6) is 5.75 Å². The topological polar surface area (TPSA) is 52.6 Å². The number of halogens is 1. The van der Waals surface area contributed by atoms with Crippen LogP contribution in [0.25, 0.3) is 0 Å². The molecule has 2 atom stereocenters. The van der Waals surface area contributed by atoms with Crippen LogP contribution >= 0.6 is 11.6 Å². The predicted molar refractivity (Wildman–Crippen MR) is 93.0 cm³/mol. The summed E-state index contributed by atoms with van der Waals surface area (Å²) in [6.07, 6.45) is 6.22. The van der Waals surface area contributed by atoms with Gasteiger partial charge >= 0.3 is 11.9 Å². The van der Waals surface area contributed by atoms with Crippen LogP contribution in [0.1, 0.15) is 51.9 Å². The van der Waals surface area contributed by atoms with Gasteiger partial charge in [0.05, 0.1) is 18.4 Å². The molecule has 2 unspecified atom stereocenters. The number of benzene rings is 1. The number of rotatable bonds is 7. The minimum absolute atomic E-state index is 0.260. The Morgan fingerprint density at radius 3 is 2.29 bits per heavy atom. The lowest BCUT2D eigenvalue weighted by Crippen LogP contribution is -2.36. The van der Waals surface area contributed by atoms with Gasteiger partial charge in [0.25, 0.3) is 0 Å². The fourth-order valence-electron chi connectivity index (χ4n) is 3.02. The first-order valence-electron chi connectivity index (χ1n) is 8.75. The number of carbonyl (C=O) groups excluding carboxylic acids is 2. The molecule has 1 fully saturated rings. The van der Waals surface area contributed by atoms with E-state index in [1.807, 2.05) is 0 Å². The minimum atomic E-state index is -0.423. The normalized spacial score (nSPS) is 20.4. The largest absolute Gasteiger partial charge is 0.465 e. The molecule has 1 aliphatic carbocycles. The first-order valence-corrected chi connectivity index (χ1v) is 9.13. The van der Waals surface area contributed by atoms with Gasteiger partial charge in [0.15, 0.2) is 0 Å². The molecule has 2 rings (SSSR count). The van der Waals surface area contributed by atoms with Gasteiger partial charge < -0.3 is 9.47 Å². The Morgan fingerprint density at radius 1 is 1.04 bits per heavy atom. The van der Waals surface area contributed by atoms with Gasteiger partial charge in [-0.1, -0.05) is 44.2 Å². The maximum absolute atomic E-state index is 12.5. The average Bonchev–Trinajstić information content (AvgIpc) is 2.60. The molecular weight excluding hydrogens is 328 g/mol. The Balaban J connectivity index is 1.93. The third kappa shape index (κ3) is 5.52. The monoisotopic (exact) mass is 352 g/mol. The van der Waals surface area contributed by atoms with Gasteiger partial charge in [0, 0.05) is 5.02 Å². The van der Waals surface area contributed by atoms with E-state index in [0.717, 1.165) is 32.1 Å². The van der Waals surface area contributed by atoms with Crippen molar-refractivity contribution in [2.45, 2.75) is 51.9 Å². The Bertz CT molecular complexity index is 541. The van der Waals surface area contributed by atoms with Crippen LogP contribution in [-0.2, 0) is 14.3 Å². The number of unbranched alkanes of at least 4 members (excludes halogenated alkanes) is 2. The molecule has 24 heavy (non-hydrogen) atoms. The number of hydrogen-bond acceptors (Lipinski definition) is 4. The van der Waals surface area contributed by atoms with Gasteiger partial charge in [-0.3, -0.25) is 9.59 Å². The first kappa shape index (κ1) is 18.8. The molecule has 1 aromatic rings. The molecular formula is C19H25ClO4. The maximum Gasteiger partial charge on any atom is 0.315 e. The van der Waals surface area contributed by atoms with Gasteiger partial charge in [-0.2, -0.15) is 0 Å². The van der Waals surface area contributed by atoms with E-state index in [2.05, 4.69) is 6.92 Å². The molecule has 0 N–H and O–H groups in total. The molecule has 4 nitrogen and oxygen atoms in total. The summed E-state index contributed by atoms with van der Waals surface area (Å²) in [4.78, 5) is 24.8. The van der Waals surface area contributed by atoms with Crippen LogP contribution < -0.4 is 4.74 Å². The molecule has 5 heteroatoms. The van der Waals surface area contributed by atoms with Crippen molar-refractivity contribution in [3.8, 4) is 5.75 Å². The van der Waals surface area contributed by atoms with Crippen LogP contribution in [0.2, 0.25) is 5.02 Å². The van der Waals surface area contributed by atoms with Gasteiger partial charge in [-0.25, -0.2) is 0 Å². The van der Waals surface area contributed by atoms with Crippen molar-refractivity contribution in [3.63, 3.8) is 0 Å². The number of ether oxygens (including phenoxy) is 2. The lowest BCUT2D eigenvalue weighted by Gasteiger charge is -2.28. The van der Waals surface area contributed by atoms with Crippen molar-refractivity contribution in [2.24, 2.45) is 11.8 Å². The van der Waals surface area contributed by atoms with Crippen molar-refractivity contribution >= 4 is 23.5 Å². The number of carbonyl (C=O) groups is 2. The highest BCUT2D eigenvalue weighted by molar-refractivity contribution is 6.30. The lowest BCUT2D eigenvalue weighted by atomic mass is 9.79. The van der Waals surface area contributed by atoms with Crippen LogP contribution in [0.4, 0.5) is 0 Å². The fraction of sp³-hybridized carbons (Fsp3) is 0.579. The Kier molecular flexibility index (Phi) is 7.57. The molecule has 1 aromatic carbocycles.